The fourth-order valence-electron chi connectivity index (χ4n) is 5.24. The van der Waals surface area contributed by atoms with Crippen LogP contribution in [0.2, 0.25) is 0 Å². The first kappa shape index (κ1) is 32.3. The predicted molar refractivity (Wildman–Crippen MR) is 151 cm³/mol. The van der Waals surface area contributed by atoms with Crippen LogP contribution in [0.25, 0.3) is 0 Å². The molecule has 2 saturated heterocycles. The molecule has 4 rings (SSSR count). The Morgan fingerprint density at radius 3 is 2.24 bits per heavy atom. The SMILES string of the molecule is COC(=O)[C@H]1C[C@@H](N(C[C@@H]2CN(C(=O)O)CCN2C(=O)O)C(=O)Oc2ccc([N+](=O)[O-])cc2)CN1C(=O)OCc1ccccc1. The van der Waals surface area contributed by atoms with Gasteiger partial charge in [0.1, 0.15) is 18.4 Å². The Morgan fingerprint density at radius 1 is 0.956 bits per heavy atom. The van der Waals surface area contributed by atoms with Crippen molar-refractivity contribution in [3.63, 3.8) is 0 Å². The zero-order valence-corrected chi connectivity index (χ0v) is 24.1. The Labute approximate surface area is 256 Å². The van der Waals surface area contributed by atoms with Crippen LogP contribution >= 0.6 is 0 Å². The number of piperazine rings is 1. The number of benzene rings is 2. The number of likely N-dealkylation sites (tertiary alicyclic amines) is 1. The molecule has 3 atom stereocenters. The summed E-state index contributed by atoms with van der Waals surface area (Å²) in [6.45, 7) is -1.20. The lowest BCUT2D eigenvalue weighted by atomic mass is 10.1. The van der Waals surface area contributed by atoms with Gasteiger partial charge in [-0.2, -0.15) is 0 Å². The van der Waals surface area contributed by atoms with Gasteiger partial charge in [0.25, 0.3) is 5.69 Å². The fourth-order valence-corrected chi connectivity index (χ4v) is 5.24. The van der Waals surface area contributed by atoms with Gasteiger partial charge in [-0.05, 0) is 17.7 Å². The van der Waals surface area contributed by atoms with Crippen LogP contribution in [0.3, 0.4) is 0 Å². The predicted octanol–water partition coefficient (Wildman–Crippen LogP) is 2.69. The van der Waals surface area contributed by atoms with Crippen molar-refractivity contribution in [3.8, 4) is 5.75 Å². The molecule has 0 aliphatic carbocycles. The Morgan fingerprint density at radius 2 is 1.64 bits per heavy atom. The third-order valence-corrected chi connectivity index (χ3v) is 7.53. The standard InChI is InChI=1S/C28H31N5O12/c1-43-24(34)23-13-20(15-32(23)27(39)44-17-18-5-3-2-4-6-18)31(28(40)45-22-9-7-19(8-10-22)33(41)42)16-21-14-29(25(35)36)11-12-30(21)26(37)38/h2-10,20-21,23H,11-17H2,1H3,(H,35,36)(H,37,38)/t20-,21+,23-/m1/s1. The molecule has 0 radical (unpaired) electrons. The molecular weight excluding hydrogens is 598 g/mol. The molecule has 2 aliphatic heterocycles. The van der Waals surface area contributed by atoms with Gasteiger partial charge in [-0.3, -0.25) is 15.0 Å². The lowest BCUT2D eigenvalue weighted by Gasteiger charge is -2.41. The maximum Gasteiger partial charge on any atom is 0.415 e. The Hall–Kier alpha value is -5.61. The Balaban J connectivity index is 1.61. The van der Waals surface area contributed by atoms with E-state index in [4.69, 9.17) is 14.2 Å². The molecule has 0 aromatic heterocycles. The number of hydrogen-bond acceptors (Lipinski definition) is 10. The van der Waals surface area contributed by atoms with Gasteiger partial charge < -0.3 is 39.1 Å². The van der Waals surface area contributed by atoms with Gasteiger partial charge in [-0.15, -0.1) is 0 Å². The normalized spacial score (nSPS) is 19.4. The van der Waals surface area contributed by atoms with E-state index in [9.17, 15) is 44.3 Å². The maximum atomic E-state index is 13.6. The summed E-state index contributed by atoms with van der Waals surface area (Å²) in [6.07, 6.45) is -4.62. The monoisotopic (exact) mass is 629 g/mol. The molecule has 0 spiro atoms. The van der Waals surface area contributed by atoms with Crippen molar-refractivity contribution < 1.29 is 53.3 Å². The van der Waals surface area contributed by atoms with E-state index in [1.807, 2.05) is 0 Å². The van der Waals surface area contributed by atoms with Crippen LogP contribution in [0, 0.1) is 10.1 Å². The highest BCUT2D eigenvalue weighted by Gasteiger charge is 2.46. The zero-order chi connectivity index (χ0) is 32.7. The minimum absolute atomic E-state index is 0.0665. The van der Waals surface area contributed by atoms with Gasteiger partial charge in [-0.1, -0.05) is 30.3 Å². The average Bonchev–Trinajstić information content (AvgIpc) is 3.48. The first-order valence-corrected chi connectivity index (χ1v) is 13.7. The highest BCUT2D eigenvalue weighted by Crippen LogP contribution is 2.28. The van der Waals surface area contributed by atoms with Crippen LogP contribution in [0.15, 0.2) is 54.6 Å². The molecule has 2 aromatic carbocycles. The Bertz CT molecular complexity index is 1420. The van der Waals surface area contributed by atoms with E-state index >= 15 is 0 Å². The van der Waals surface area contributed by atoms with Crippen LogP contribution in [0.1, 0.15) is 12.0 Å². The number of nitro groups is 1. The molecule has 2 heterocycles. The highest BCUT2D eigenvalue weighted by atomic mass is 16.6. The van der Waals surface area contributed by atoms with Crippen LogP contribution in [0.4, 0.5) is 24.9 Å². The number of nitrogens with zero attached hydrogens (tertiary/aromatic N) is 5. The number of ether oxygens (including phenoxy) is 3. The summed E-state index contributed by atoms with van der Waals surface area (Å²) in [7, 11) is 1.14. The number of esters is 1. The largest absolute Gasteiger partial charge is 0.467 e. The topological polar surface area (TPSA) is 210 Å². The summed E-state index contributed by atoms with van der Waals surface area (Å²) < 4.78 is 15.8. The molecule has 240 valence electrons. The van der Waals surface area contributed by atoms with E-state index in [0.29, 0.717) is 5.56 Å². The van der Waals surface area contributed by atoms with Crippen molar-refractivity contribution in [2.45, 2.75) is 31.2 Å². The second-order valence-electron chi connectivity index (χ2n) is 10.3. The number of hydrogen-bond donors (Lipinski definition) is 2. The molecule has 4 amide bonds. The fraction of sp³-hybridized carbons (Fsp3) is 0.393. The number of amides is 4. The highest BCUT2D eigenvalue weighted by molar-refractivity contribution is 5.83. The van der Waals surface area contributed by atoms with E-state index in [2.05, 4.69) is 0 Å². The molecule has 2 aromatic rings. The molecule has 0 saturated carbocycles. The van der Waals surface area contributed by atoms with E-state index in [1.165, 1.54) is 12.1 Å². The number of carboxylic acid groups (broad SMARTS) is 2. The molecule has 2 N–H and O–H groups in total. The number of nitro benzene ring substituents is 1. The first-order chi connectivity index (χ1) is 21.5. The molecular formula is C28H31N5O12. The van der Waals surface area contributed by atoms with Crippen molar-refractivity contribution in [1.82, 2.24) is 19.6 Å². The minimum atomic E-state index is -1.33. The smallest absolute Gasteiger partial charge is 0.415 e. The van der Waals surface area contributed by atoms with Gasteiger partial charge in [0.15, 0.2) is 0 Å². The van der Waals surface area contributed by atoms with Gasteiger partial charge in [0, 0.05) is 51.3 Å². The second-order valence-corrected chi connectivity index (χ2v) is 10.3. The molecule has 0 bridgehead atoms. The number of rotatable bonds is 8. The summed E-state index contributed by atoms with van der Waals surface area (Å²) in [5.41, 5.74) is 0.444. The summed E-state index contributed by atoms with van der Waals surface area (Å²) in [6, 6.07) is 10.3. The zero-order valence-electron chi connectivity index (χ0n) is 24.1. The van der Waals surface area contributed by atoms with Gasteiger partial charge in [0.2, 0.25) is 0 Å². The van der Waals surface area contributed by atoms with E-state index in [-0.39, 0.29) is 57.2 Å². The van der Waals surface area contributed by atoms with Crippen LogP contribution in [-0.2, 0) is 20.9 Å². The number of carbonyl (C=O) groups is 5. The number of methoxy groups -OCH3 is 1. The molecule has 2 fully saturated rings. The van der Waals surface area contributed by atoms with Crippen LogP contribution < -0.4 is 4.74 Å². The molecule has 0 unspecified atom stereocenters. The van der Waals surface area contributed by atoms with E-state index < -0.39 is 53.4 Å². The van der Waals surface area contributed by atoms with E-state index in [0.717, 1.165) is 38.8 Å². The van der Waals surface area contributed by atoms with Crippen molar-refractivity contribution in [2.75, 3.05) is 39.8 Å². The third-order valence-electron chi connectivity index (χ3n) is 7.53. The summed E-state index contributed by atoms with van der Waals surface area (Å²) >= 11 is 0. The summed E-state index contributed by atoms with van der Waals surface area (Å²) in [5, 5.41) is 30.4. The van der Waals surface area contributed by atoms with Crippen molar-refractivity contribution in [2.24, 2.45) is 0 Å². The summed E-state index contributed by atoms with van der Waals surface area (Å²) in [5.74, 6) is -0.845. The first-order valence-electron chi connectivity index (χ1n) is 13.7. The van der Waals surface area contributed by atoms with Crippen LogP contribution in [-0.4, -0.2) is 123 Å². The molecule has 17 nitrogen and oxygen atoms in total. The lowest BCUT2D eigenvalue weighted by molar-refractivity contribution is -0.384. The quantitative estimate of drug-likeness (QED) is 0.245. The van der Waals surface area contributed by atoms with E-state index in [1.54, 1.807) is 30.3 Å². The number of carbonyl (C=O) groups excluding carboxylic acids is 3. The third kappa shape index (κ3) is 7.87. The maximum absolute atomic E-state index is 13.6. The summed E-state index contributed by atoms with van der Waals surface area (Å²) in [4.78, 5) is 77.9. The van der Waals surface area contributed by atoms with Gasteiger partial charge >= 0.3 is 30.3 Å². The Kier molecular flexibility index (Phi) is 10.2. The minimum Gasteiger partial charge on any atom is -0.467 e. The second kappa shape index (κ2) is 14.2. The van der Waals surface area contributed by atoms with Gasteiger partial charge in [-0.25, -0.2) is 24.0 Å². The van der Waals surface area contributed by atoms with Crippen molar-refractivity contribution in [1.29, 1.82) is 0 Å². The molecule has 2 aliphatic rings. The van der Waals surface area contributed by atoms with Crippen molar-refractivity contribution in [3.05, 3.63) is 70.3 Å². The average molecular weight is 630 g/mol. The lowest BCUT2D eigenvalue weighted by Crippen LogP contribution is -2.61. The van der Waals surface area contributed by atoms with Gasteiger partial charge in [0.05, 0.1) is 24.1 Å². The molecule has 17 heteroatoms. The van der Waals surface area contributed by atoms with Crippen molar-refractivity contribution >= 4 is 36.0 Å². The number of non-ortho nitro benzene ring substituents is 1. The molecule has 45 heavy (non-hydrogen) atoms. The van der Waals surface area contributed by atoms with Crippen LogP contribution in [0.5, 0.6) is 5.75 Å².